The van der Waals surface area contributed by atoms with Crippen LogP contribution in [0, 0.1) is 23.5 Å². The van der Waals surface area contributed by atoms with E-state index in [4.69, 9.17) is 0 Å². The van der Waals surface area contributed by atoms with Crippen molar-refractivity contribution in [2.45, 2.75) is 46.1 Å². The second-order valence-corrected chi connectivity index (χ2v) is 5.82. The van der Waals surface area contributed by atoms with Crippen LogP contribution in [-0.4, -0.2) is 5.11 Å². The van der Waals surface area contributed by atoms with Gasteiger partial charge in [-0.25, -0.2) is 8.78 Å². The zero-order valence-electron chi connectivity index (χ0n) is 11.5. The maximum absolute atomic E-state index is 13.8. The first-order chi connectivity index (χ1) is 8.26. The molecule has 0 aliphatic carbocycles. The smallest absolute Gasteiger partial charge is 0.132 e. The molecule has 102 valence electrons. The highest BCUT2D eigenvalue weighted by molar-refractivity contribution is 5.26. The highest BCUT2D eigenvalue weighted by Crippen LogP contribution is 2.37. The van der Waals surface area contributed by atoms with Gasteiger partial charge in [-0.05, 0) is 36.8 Å². The van der Waals surface area contributed by atoms with Crippen molar-refractivity contribution in [2.24, 2.45) is 11.8 Å². The van der Waals surface area contributed by atoms with Crippen molar-refractivity contribution >= 4 is 0 Å². The molecule has 0 atom stereocenters. The lowest BCUT2D eigenvalue weighted by Crippen LogP contribution is -2.32. The molecule has 0 spiro atoms. The largest absolute Gasteiger partial charge is 0.385 e. The van der Waals surface area contributed by atoms with E-state index < -0.39 is 17.2 Å². The number of hydrogen-bond acceptors (Lipinski definition) is 1. The topological polar surface area (TPSA) is 20.2 Å². The maximum atomic E-state index is 13.8. The molecule has 0 aliphatic heterocycles. The van der Waals surface area contributed by atoms with Gasteiger partial charge in [0.25, 0.3) is 0 Å². The Labute approximate surface area is 108 Å². The summed E-state index contributed by atoms with van der Waals surface area (Å²) in [6.45, 7) is 7.74. The molecule has 1 aromatic carbocycles. The first-order valence-electron chi connectivity index (χ1n) is 6.43. The number of rotatable bonds is 5. The van der Waals surface area contributed by atoms with Gasteiger partial charge in [0, 0.05) is 0 Å². The van der Waals surface area contributed by atoms with E-state index in [1.54, 1.807) is 0 Å². The highest BCUT2D eigenvalue weighted by atomic mass is 19.1. The fourth-order valence-corrected chi connectivity index (χ4v) is 2.58. The van der Waals surface area contributed by atoms with Gasteiger partial charge >= 0.3 is 0 Å². The van der Waals surface area contributed by atoms with Crippen LogP contribution in [0.2, 0.25) is 0 Å². The van der Waals surface area contributed by atoms with E-state index in [0.717, 1.165) is 0 Å². The number of halogens is 2. The molecule has 3 heteroatoms. The van der Waals surface area contributed by atoms with E-state index in [0.29, 0.717) is 12.8 Å². The van der Waals surface area contributed by atoms with Crippen LogP contribution in [0.3, 0.4) is 0 Å². The van der Waals surface area contributed by atoms with Gasteiger partial charge in [0.15, 0.2) is 0 Å². The van der Waals surface area contributed by atoms with Gasteiger partial charge in [-0.2, -0.15) is 0 Å². The molecule has 0 aromatic heterocycles. The molecule has 0 heterocycles. The summed E-state index contributed by atoms with van der Waals surface area (Å²) in [5.41, 5.74) is -1.62. The molecule has 0 unspecified atom stereocenters. The Kier molecular flexibility index (Phi) is 4.85. The van der Waals surface area contributed by atoms with Crippen molar-refractivity contribution < 1.29 is 13.9 Å². The van der Waals surface area contributed by atoms with Gasteiger partial charge in [0.1, 0.15) is 11.6 Å². The molecule has 0 saturated carbocycles. The Morgan fingerprint density at radius 1 is 1.00 bits per heavy atom. The summed E-state index contributed by atoms with van der Waals surface area (Å²) in [5.74, 6) is -1.02. The first kappa shape index (κ1) is 15.1. The van der Waals surface area contributed by atoms with Crippen molar-refractivity contribution in [1.82, 2.24) is 0 Å². The van der Waals surface area contributed by atoms with Crippen LogP contribution in [0.1, 0.15) is 46.1 Å². The second-order valence-electron chi connectivity index (χ2n) is 5.82. The standard InChI is InChI=1S/C15H22F2O/c1-10(2)8-15(18,9-11(3)4)14-12(16)6-5-7-13(14)17/h5-7,10-11,18H,8-9H2,1-4H3. The van der Waals surface area contributed by atoms with Crippen LogP contribution < -0.4 is 0 Å². The van der Waals surface area contributed by atoms with Gasteiger partial charge in [-0.15, -0.1) is 0 Å². The Morgan fingerprint density at radius 3 is 1.72 bits per heavy atom. The van der Waals surface area contributed by atoms with E-state index in [9.17, 15) is 13.9 Å². The minimum Gasteiger partial charge on any atom is -0.385 e. The van der Waals surface area contributed by atoms with Crippen molar-refractivity contribution in [3.05, 3.63) is 35.4 Å². The average molecular weight is 256 g/mol. The summed E-state index contributed by atoms with van der Waals surface area (Å²) >= 11 is 0. The SMILES string of the molecule is CC(C)CC(O)(CC(C)C)c1c(F)cccc1F. The van der Waals surface area contributed by atoms with Gasteiger partial charge < -0.3 is 5.11 Å². The van der Waals surface area contributed by atoms with Gasteiger partial charge in [0.05, 0.1) is 11.2 Å². The lowest BCUT2D eigenvalue weighted by molar-refractivity contribution is -0.0107. The van der Waals surface area contributed by atoms with Crippen molar-refractivity contribution in [3.8, 4) is 0 Å². The second kappa shape index (κ2) is 5.79. The Morgan fingerprint density at radius 2 is 1.39 bits per heavy atom. The van der Waals surface area contributed by atoms with Crippen LogP contribution in [-0.2, 0) is 5.60 Å². The predicted octanol–water partition coefficient (Wildman–Crippen LogP) is 4.24. The third-order valence-corrected chi connectivity index (χ3v) is 2.92. The molecule has 0 saturated heterocycles. The van der Waals surface area contributed by atoms with Gasteiger partial charge in [-0.3, -0.25) is 0 Å². The quantitative estimate of drug-likeness (QED) is 0.835. The summed E-state index contributed by atoms with van der Waals surface area (Å²) in [4.78, 5) is 0. The third kappa shape index (κ3) is 3.52. The molecule has 18 heavy (non-hydrogen) atoms. The van der Waals surface area contributed by atoms with Crippen LogP contribution in [0.15, 0.2) is 18.2 Å². The molecule has 0 amide bonds. The molecular weight excluding hydrogens is 234 g/mol. The van der Waals surface area contributed by atoms with Crippen LogP contribution in [0.5, 0.6) is 0 Å². The average Bonchev–Trinajstić information content (AvgIpc) is 2.13. The molecule has 1 rings (SSSR count). The van der Waals surface area contributed by atoms with E-state index >= 15 is 0 Å². The molecule has 1 nitrogen and oxygen atoms in total. The third-order valence-electron chi connectivity index (χ3n) is 2.92. The fourth-order valence-electron chi connectivity index (χ4n) is 2.58. The number of aliphatic hydroxyl groups is 1. The summed E-state index contributed by atoms with van der Waals surface area (Å²) < 4.78 is 27.7. The van der Waals surface area contributed by atoms with Crippen molar-refractivity contribution in [3.63, 3.8) is 0 Å². The normalized spacial score (nSPS) is 12.5. The molecule has 0 bridgehead atoms. The Hall–Kier alpha value is -0.960. The molecule has 0 aliphatic rings. The van der Waals surface area contributed by atoms with Crippen LogP contribution in [0.25, 0.3) is 0 Å². The van der Waals surface area contributed by atoms with Crippen molar-refractivity contribution in [2.75, 3.05) is 0 Å². The zero-order valence-corrected chi connectivity index (χ0v) is 11.5. The molecule has 0 radical (unpaired) electrons. The zero-order chi connectivity index (χ0) is 13.9. The molecule has 1 aromatic rings. The minimum atomic E-state index is -1.43. The maximum Gasteiger partial charge on any atom is 0.132 e. The van der Waals surface area contributed by atoms with Gasteiger partial charge in [-0.1, -0.05) is 33.8 Å². The Bertz CT molecular complexity index is 369. The van der Waals surface area contributed by atoms with Crippen LogP contribution >= 0.6 is 0 Å². The van der Waals surface area contributed by atoms with E-state index in [-0.39, 0.29) is 17.4 Å². The van der Waals surface area contributed by atoms with E-state index in [2.05, 4.69) is 0 Å². The highest BCUT2D eigenvalue weighted by Gasteiger charge is 2.36. The summed E-state index contributed by atoms with van der Waals surface area (Å²) in [5, 5.41) is 10.7. The van der Waals surface area contributed by atoms with E-state index in [1.165, 1.54) is 18.2 Å². The minimum absolute atomic E-state index is 0.160. The van der Waals surface area contributed by atoms with Crippen molar-refractivity contribution in [1.29, 1.82) is 0 Å². The fraction of sp³-hybridized carbons (Fsp3) is 0.600. The van der Waals surface area contributed by atoms with Gasteiger partial charge in [0.2, 0.25) is 0 Å². The first-order valence-corrected chi connectivity index (χ1v) is 6.43. The number of benzene rings is 1. The molecular formula is C15H22F2O. The monoisotopic (exact) mass is 256 g/mol. The summed E-state index contributed by atoms with van der Waals surface area (Å²) in [6.07, 6.45) is 0.700. The van der Waals surface area contributed by atoms with Crippen LogP contribution in [0.4, 0.5) is 8.78 Å². The molecule has 0 fully saturated rings. The lowest BCUT2D eigenvalue weighted by Gasteiger charge is -2.32. The summed E-state index contributed by atoms with van der Waals surface area (Å²) in [7, 11) is 0. The lowest BCUT2D eigenvalue weighted by atomic mass is 9.79. The predicted molar refractivity (Wildman–Crippen MR) is 69.2 cm³/mol. The van der Waals surface area contributed by atoms with E-state index in [1.807, 2.05) is 27.7 Å². The Balaban J connectivity index is 3.24. The summed E-state index contributed by atoms with van der Waals surface area (Å²) in [6, 6.07) is 3.72. The number of hydrogen-bond donors (Lipinski definition) is 1. The molecule has 1 N–H and O–H groups in total.